The summed E-state index contributed by atoms with van der Waals surface area (Å²) in [6, 6.07) is 11.2. The first-order valence-corrected chi connectivity index (χ1v) is 8.79. The summed E-state index contributed by atoms with van der Waals surface area (Å²) in [4.78, 5) is 13.4. The minimum absolute atomic E-state index is 0.0366. The molecular weight excluding hydrogens is 330 g/mol. The van der Waals surface area contributed by atoms with Crippen LogP contribution in [0.1, 0.15) is 10.4 Å². The number of aromatic nitrogens is 3. The number of thiophene rings is 1. The minimum atomic E-state index is 0.0366. The molecule has 0 aliphatic rings. The normalized spacial score (nSPS) is 10.7. The van der Waals surface area contributed by atoms with Crippen molar-refractivity contribution in [3.05, 3.63) is 47.3 Å². The molecular formula is C16H15N3O2S2. The van der Waals surface area contributed by atoms with Crippen LogP contribution >= 0.6 is 23.1 Å². The Morgan fingerprint density at radius 2 is 2.17 bits per heavy atom. The standard InChI is InChI=1S/C16H15N3O2S2/c1-19-15(14-7-4-8-22-14)17-18-16(19)23-10-13(20)11-5-3-6-12(9-11)21-2/h3-9H,10H2,1-2H3. The molecule has 5 nitrogen and oxygen atoms in total. The Labute approximate surface area is 142 Å². The van der Waals surface area contributed by atoms with Gasteiger partial charge in [-0.05, 0) is 23.6 Å². The van der Waals surface area contributed by atoms with Crippen molar-refractivity contribution in [2.45, 2.75) is 5.16 Å². The zero-order valence-corrected chi connectivity index (χ0v) is 14.4. The van der Waals surface area contributed by atoms with Crippen LogP contribution in [0, 0.1) is 0 Å². The van der Waals surface area contributed by atoms with Crippen LogP contribution in [0.15, 0.2) is 46.9 Å². The molecule has 0 bridgehead atoms. The first-order chi connectivity index (χ1) is 11.2. The Balaban J connectivity index is 1.70. The number of hydrogen-bond acceptors (Lipinski definition) is 6. The summed E-state index contributed by atoms with van der Waals surface area (Å²) in [6.07, 6.45) is 0. The fourth-order valence-corrected chi connectivity index (χ4v) is 3.62. The second kappa shape index (κ2) is 6.97. The molecule has 0 fully saturated rings. The average molecular weight is 345 g/mol. The third kappa shape index (κ3) is 3.46. The van der Waals surface area contributed by atoms with Crippen LogP contribution in [0.5, 0.6) is 5.75 Å². The smallest absolute Gasteiger partial charge is 0.191 e. The molecule has 3 rings (SSSR count). The van der Waals surface area contributed by atoms with Crippen molar-refractivity contribution in [3.63, 3.8) is 0 Å². The highest BCUT2D eigenvalue weighted by Crippen LogP contribution is 2.26. The van der Waals surface area contributed by atoms with Crippen molar-refractivity contribution in [3.8, 4) is 16.5 Å². The lowest BCUT2D eigenvalue weighted by Gasteiger charge is -2.04. The van der Waals surface area contributed by atoms with Gasteiger partial charge < -0.3 is 9.30 Å². The van der Waals surface area contributed by atoms with Crippen molar-refractivity contribution in [2.75, 3.05) is 12.9 Å². The quantitative estimate of drug-likeness (QED) is 0.505. The Morgan fingerprint density at radius 1 is 1.30 bits per heavy atom. The molecule has 0 amide bonds. The van der Waals surface area contributed by atoms with Crippen molar-refractivity contribution in [1.82, 2.24) is 14.8 Å². The fraction of sp³-hybridized carbons (Fsp3) is 0.188. The molecule has 1 aromatic carbocycles. The van der Waals surface area contributed by atoms with Crippen LogP contribution < -0.4 is 4.74 Å². The van der Waals surface area contributed by atoms with E-state index in [0.29, 0.717) is 17.1 Å². The average Bonchev–Trinajstić information content (AvgIpc) is 3.22. The second-order valence-electron chi connectivity index (χ2n) is 4.79. The maximum Gasteiger partial charge on any atom is 0.191 e. The molecule has 7 heteroatoms. The van der Waals surface area contributed by atoms with Gasteiger partial charge in [-0.15, -0.1) is 21.5 Å². The molecule has 2 heterocycles. The second-order valence-corrected chi connectivity index (χ2v) is 6.68. The molecule has 0 atom stereocenters. The highest BCUT2D eigenvalue weighted by Gasteiger charge is 2.14. The van der Waals surface area contributed by atoms with Gasteiger partial charge in [0, 0.05) is 12.6 Å². The maximum atomic E-state index is 12.3. The lowest BCUT2D eigenvalue weighted by atomic mass is 10.1. The molecule has 0 radical (unpaired) electrons. The van der Waals surface area contributed by atoms with E-state index in [0.717, 1.165) is 15.9 Å². The molecule has 0 aliphatic heterocycles. The molecule has 0 saturated heterocycles. The summed E-state index contributed by atoms with van der Waals surface area (Å²) in [5.74, 6) is 1.84. The molecule has 0 unspecified atom stereocenters. The molecule has 23 heavy (non-hydrogen) atoms. The van der Waals surface area contributed by atoms with Gasteiger partial charge in [0.1, 0.15) is 5.75 Å². The Hall–Kier alpha value is -2.12. The molecule has 3 aromatic rings. The fourth-order valence-electron chi connectivity index (χ4n) is 2.07. The number of ether oxygens (including phenoxy) is 1. The number of rotatable bonds is 6. The molecule has 0 N–H and O–H groups in total. The third-order valence-corrected chi connectivity index (χ3v) is 5.19. The van der Waals surface area contributed by atoms with Gasteiger partial charge in [-0.3, -0.25) is 4.79 Å². The molecule has 2 aromatic heterocycles. The number of methoxy groups -OCH3 is 1. The topological polar surface area (TPSA) is 57.0 Å². The Kier molecular flexibility index (Phi) is 4.78. The van der Waals surface area contributed by atoms with Crippen molar-refractivity contribution < 1.29 is 9.53 Å². The summed E-state index contributed by atoms with van der Waals surface area (Å²) in [5.41, 5.74) is 0.637. The van der Waals surface area contributed by atoms with Gasteiger partial charge in [0.15, 0.2) is 16.8 Å². The summed E-state index contributed by atoms with van der Waals surface area (Å²) in [5, 5.41) is 11.1. The monoisotopic (exact) mass is 345 g/mol. The molecule has 0 aliphatic carbocycles. The SMILES string of the molecule is COc1cccc(C(=O)CSc2nnc(-c3cccs3)n2C)c1. The first-order valence-electron chi connectivity index (χ1n) is 6.92. The van der Waals surface area contributed by atoms with Gasteiger partial charge in [-0.1, -0.05) is 30.0 Å². The van der Waals surface area contributed by atoms with E-state index in [-0.39, 0.29) is 5.78 Å². The maximum absolute atomic E-state index is 12.3. The van der Waals surface area contributed by atoms with E-state index in [9.17, 15) is 4.79 Å². The van der Waals surface area contributed by atoms with Crippen molar-refractivity contribution >= 4 is 28.9 Å². The van der Waals surface area contributed by atoms with Gasteiger partial charge >= 0.3 is 0 Å². The van der Waals surface area contributed by atoms with E-state index in [4.69, 9.17) is 4.74 Å². The van der Waals surface area contributed by atoms with Crippen LogP contribution in [-0.2, 0) is 7.05 Å². The first kappa shape index (κ1) is 15.8. The molecule has 0 saturated carbocycles. The van der Waals surface area contributed by atoms with Crippen LogP contribution in [-0.4, -0.2) is 33.4 Å². The predicted molar refractivity (Wildman–Crippen MR) is 92.4 cm³/mol. The number of benzene rings is 1. The number of hydrogen-bond donors (Lipinski definition) is 0. The largest absolute Gasteiger partial charge is 0.497 e. The van der Waals surface area contributed by atoms with Gasteiger partial charge in [0.2, 0.25) is 0 Å². The van der Waals surface area contributed by atoms with Crippen LogP contribution in [0.3, 0.4) is 0 Å². The summed E-state index contributed by atoms with van der Waals surface area (Å²) in [6.45, 7) is 0. The lowest BCUT2D eigenvalue weighted by Crippen LogP contribution is -2.04. The van der Waals surface area contributed by atoms with Crippen LogP contribution in [0.2, 0.25) is 0 Å². The number of carbonyl (C=O) groups is 1. The summed E-state index contributed by atoms with van der Waals surface area (Å²) in [7, 11) is 3.50. The van der Waals surface area contributed by atoms with E-state index in [1.807, 2.05) is 41.3 Å². The van der Waals surface area contributed by atoms with E-state index in [1.165, 1.54) is 11.8 Å². The van der Waals surface area contributed by atoms with Crippen LogP contribution in [0.4, 0.5) is 0 Å². The third-order valence-electron chi connectivity index (χ3n) is 3.30. The number of nitrogens with zero attached hydrogens (tertiary/aromatic N) is 3. The van der Waals surface area contributed by atoms with Gasteiger partial charge in [0.05, 0.1) is 17.7 Å². The van der Waals surface area contributed by atoms with Gasteiger partial charge in [0.25, 0.3) is 0 Å². The molecule has 118 valence electrons. The number of carbonyl (C=O) groups excluding carboxylic acids is 1. The minimum Gasteiger partial charge on any atom is -0.497 e. The number of Topliss-reactive ketones (excluding diaryl/α,β-unsaturated/α-hetero) is 1. The summed E-state index contributed by atoms with van der Waals surface area (Å²) < 4.78 is 7.06. The van der Waals surface area contributed by atoms with E-state index in [1.54, 1.807) is 30.6 Å². The van der Waals surface area contributed by atoms with Crippen molar-refractivity contribution in [1.29, 1.82) is 0 Å². The zero-order valence-electron chi connectivity index (χ0n) is 12.7. The summed E-state index contributed by atoms with van der Waals surface area (Å²) >= 11 is 3.00. The Bertz CT molecular complexity index is 813. The highest BCUT2D eigenvalue weighted by atomic mass is 32.2. The van der Waals surface area contributed by atoms with E-state index >= 15 is 0 Å². The number of thioether (sulfide) groups is 1. The highest BCUT2D eigenvalue weighted by molar-refractivity contribution is 7.99. The molecule has 0 spiro atoms. The number of ketones is 1. The van der Waals surface area contributed by atoms with Gasteiger partial charge in [-0.25, -0.2) is 0 Å². The predicted octanol–water partition coefficient (Wildman–Crippen LogP) is 3.53. The van der Waals surface area contributed by atoms with E-state index < -0.39 is 0 Å². The lowest BCUT2D eigenvalue weighted by molar-refractivity contribution is 0.102. The zero-order chi connectivity index (χ0) is 16.2. The van der Waals surface area contributed by atoms with Gasteiger partial charge in [-0.2, -0.15) is 0 Å². The van der Waals surface area contributed by atoms with Crippen LogP contribution in [0.25, 0.3) is 10.7 Å². The van der Waals surface area contributed by atoms with E-state index in [2.05, 4.69) is 10.2 Å². The van der Waals surface area contributed by atoms with Crippen molar-refractivity contribution in [2.24, 2.45) is 7.05 Å². The Morgan fingerprint density at radius 3 is 2.91 bits per heavy atom.